The summed E-state index contributed by atoms with van der Waals surface area (Å²) in [6.45, 7) is 4.29. The minimum atomic E-state index is 0.582. The molecule has 0 amide bonds. The summed E-state index contributed by atoms with van der Waals surface area (Å²) in [6.07, 6.45) is 1.85. The Labute approximate surface area is 113 Å². The summed E-state index contributed by atoms with van der Waals surface area (Å²) in [6, 6.07) is 10.6. The fraction of sp³-hybridized carbons (Fsp3) is 0.267. The number of anilines is 1. The molecule has 18 heavy (non-hydrogen) atoms. The van der Waals surface area contributed by atoms with Gasteiger partial charge in [0.2, 0.25) is 0 Å². The Bertz CT molecular complexity index is 500. The second-order valence-corrected chi connectivity index (χ2v) is 5.57. The van der Waals surface area contributed by atoms with Crippen LogP contribution in [0.3, 0.4) is 0 Å². The van der Waals surface area contributed by atoms with Crippen molar-refractivity contribution in [2.45, 2.75) is 25.4 Å². The van der Waals surface area contributed by atoms with Gasteiger partial charge in [0.05, 0.1) is 0 Å². The number of rotatable bonds is 4. The number of nitrogens with two attached hydrogens (primary N) is 1. The molecule has 94 valence electrons. The van der Waals surface area contributed by atoms with Gasteiger partial charge in [-0.2, -0.15) is 11.8 Å². The van der Waals surface area contributed by atoms with Gasteiger partial charge in [0, 0.05) is 17.7 Å². The first-order valence-electron chi connectivity index (χ1n) is 5.99. The van der Waals surface area contributed by atoms with Gasteiger partial charge in [-0.3, -0.25) is 0 Å². The number of hydrogen-bond donors (Lipinski definition) is 1. The van der Waals surface area contributed by atoms with E-state index >= 15 is 0 Å². The van der Waals surface area contributed by atoms with Crippen LogP contribution in [0.2, 0.25) is 0 Å². The van der Waals surface area contributed by atoms with Gasteiger partial charge in [0.25, 0.3) is 0 Å². The van der Waals surface area contributed by atoms with E-state index in [0.29, 0.717) is 5.82 Å². The second-order valence-electron chi connectivity index (χ2n) is 4.58. The molecule has 0 bridgehead atoms. The molecule has 0 atom stereocenters. The summed E-state index contributed by atoms with van der Waals surface area (Å²) in [4.78, 5) is 4.10. The van der Waals surface area contributed by atoms with Crippen molar-refractivity contribution < 1.29 is 0 Å². The Hall–Kier alpha value is -1.48. The van der Waals surface area contributed by atoms with Crippen LogP contribution in [0.1, 0.15) is 22.3 Å². The van der Waals surface area contributed by atoms with Crippen molar-refractivity contribution in [3.8, 4) is 0 Å². The third kappa shape index (κ3) is 3.77. The zero-order chi connectivity index (χ0) is 13.0. The van der Waals surface area contributed by atoms with Crippen LogP contribution in [0.15, 0.2) is 36.5 Å². The largest absolute Gasteiger partial charge is 0.384 e. The number of nitrogens with zero attached hydrogens (tertiary/aromatic N) is 1. The van der Waals surface area contributed by atoms with E-state index in [0.717, 1.165) is 11.5 Å². The van der Waals surface area contributed by atoms with Crippen LogP contribution < -0.4 is 5.73 Å². The minimum Gasteiger partial charge on any atom is -0.384 e. The van der Waals surface area contributed by atoms with Gasteiger partial charge in [-0.05, 0) is 31.0 Å². The van der Waals surface area contributed by atoms with E-state index < -0.39 is 0 Å². The van der Waals surface area contributed by atoms with Crippen LogP contribution in [0.25, 0.3) is 0 Å². The summed E-state index contributed by atoms with van der Waals surface area (Å²) in [7, 11) is 0. The predicted octanol–water partition coefficient (Wildman–Crippen LogP) is 3.71. The normalized spacial score (nSPS) is 10.6. The number of aromatic nitrogens is 1. The van der Waals surface area contributed by atoms with Crippen molar-refractivity contribution in [2.75, 3.05) is 5.73 Å². The number of thioether (sulfide) groups is 1. The second kappa shape index (κ2) is 5.91. The molecule has 1 heterocycles. The maximum absolute atomic E-state index is 5.56. The van der Waals surface area contributed by atoms with Crippen molar-refractivity contribution in [3.05, 3.63) is 58.8 Å². The SMILES string of the molecule is Cc1cc(C)cc(CSCc2ccc(N)nc2)c1. The molecule has 2 N–H and O–H groups in total. The molecule has 1 aromatic carbocycles. The molecule has 0 aliphatic carbocycles. The summed E-state index contributed by atoms with van der Waals surface area (Å²) in [5.74, 6) is 2.59. The van der Waals surface area contributed by atoms with E-state index in [4.69, 9.17) is 5.73 Å². The monoisotopic (exact) mass is 258 g/mol. The molecule has 2 nitrogen and oxygen atoms in total. The highest BCUT2D eigenvalue weighted by Gasteiger charge is 1.98. The first-order valence-corrected chi connectivity index (χ1v) is 7.14. The summed E-state index contributed by atoms with van der Waals surface area (Å²) in [5.41, 5.74) is 10.8. The van der Waals surface area contributed by atoms with E-state index in [1.54, 1.807) is 0 Å². The third-order valence-electron chi connectivity index (χ3n) is 2.67. The smallest absolute Gasteiger partial charge is 0.123 e. The Morgan fingerprint density at radius 2 is 1.67 bits per heavy atom. The zero-order valence-corrected chi connectivity index (χ0v) is 11.6. The molecule has 2 aromatic rings. The van der Waals surface area contributed by atoms with E-state index in [1.807, 2.05) is 30.1 Å². The van der Waals surface area contributed by atoms with E-state index in [2.05, 4.69) is 37.0 Å². The van der Waals surface area contributed by atoms with Gasteiger partial charge in [0.1, 0.15) is 5.82 Å². The van der Waals surface area contributed by atoms with Gasteiger partial charge in [-0.1, -0.05) is 35.4 Å². The minimum absolute atomic E-state index is 0.582. The molecule has 0 aliphatic heterocycles. The first kappa shape index (κ1) is 13.0. The standard InChI is InChI=1S/C15H18N2S/c1-11-5-12(2)7-14(6-11)10-18-9-13-3-4-15(16)17-8-13/h3-8H,9-10H2,1-2H3,(H2,16,17). The van der Waals surface area contributed by atoms with Crippen molar-refractivity contribution in [1.29, 1.82) is 0 Å². The Balaban J connectivity index is 1.90. The highest BCUT2D eigenvalue weighted by atomic mass is 32.2. The van der Waals surface area contributed by atoms with Crippen LogP contribution in [-0.2, 0) is 11.5 Å². The predicted molar refractivity (Wildman–Crippen MR) is 79.6 cm³/mol. The molecular formula is C15H18N2S. The lowest BCUT2D eigenvalue weighted by molar-refractivity contribution is 1.25. The summed E-state index contributed by atoms with van der Waals surface area (Å²) >= 11 is 1.90. The molecular weight excluding hydrogens is 240 g/mol. The maximum atomic E-state index is 5.56. The Morgan fingerprint density at radius 3 is 2.28 bits per heavy atom. The lowest BCUT2D eigenvalue weighted by atomic mass is 10.1. The average molecular weight is 258 g/mol. The van der Waals surface area contributed by atoms with Gasteiger partial charge < -0.3 is 5.73 Å². The maximum Gasteiger partial charge on any atom is 0.123 e. The van der Waals surface area contributed by atoms with E-state index in [9.17, 15) is 0 Å². The molecule has 0 saturated heterocycles. The molecule has 0 aliphatic rings. The molecule has 0 unspecified atom stereocenters. The van der Waals surface area contributed by atoms with E-state index in [-0.39, 0.29) is 0 Å². The Kier molecular flexibility index (Phi) is 4.26. The number of aryl methyl sites for hydroxylation is 2. The van der Waals surface area contributed by atoms with Crippen molar-refractivity contribution in [3.63, 3.8) is 0 Å². The molecule has 0 spiro atoms. The van der Waals surface area contributed by atoms with Gasteiger partial charge >= 0.3 is 0 Å². The fourth-order valence-electron chi connectivity index (χ4n) is 1.96. The number of pyridine rings is 1. The highest BCUT2D eigenvalue weighted by Crippen LogP contribution is 2.19. The van der Waals surface area contributed by atoms with Crippen LogP contribution in [-0.4, -0.2) is 4.98 Å². The summed E-state index contributed by atoms with van der Waals surface area (Å²) < 4.78 is 0. The van der Waals surface area contributed by atoms with Crippen LogP contribution >= 0.6 is 11.8 Å². The Morgan fingerprint density at radius 1 is 1.00 bits per heavy atom. The average Bonchev–Trinajstić information content (AvgIpc) is 2.30. The van der Waals surface area contributed by atoms with Gasteiger partial charge in [-0.15, -0.1) is 0 Å². The lowest BCUT2D eigenvalue weighted by Crippen LogP contribution is -1.91. The van der Waals surface area contributed by atoms with E-state index in [1.165, 1.54) is 22.3 Å². The lowest BCUT2D eigenvalue weighted by Gasteiger charge is -2.05. The fourth-order valence-corrected chi connectivity index (χ4v) is 2.87. The molecule has 0 radical (unpaired) electrons. The quantitative estimate of drug-likeness (QED) is 0.908. The zero-order valence-electron chi connectivity index (χ0n) is 10.8. The van der Waals surface area contributed by atoms with Crippen LogP contribution in [0.4, 0.5) is 5.82 Å². The third-order valence-corrected chi connectivity index (χ3v) is 3.74. The van der Waals surface area contributed by atoms with Crippen LogP contribution in [0, 0.1) is 13.8 Å². The highest BCUT2D eigenvalue weighted by molar-refractivity contribution is 7.97. The summed E-state index contributed by atoms with van der Waals surface area (Å²) in [5, 5.41) is 0. The molecule has 3 heteroatoms. The number of benzene rings is 1. The van der Waals surface area contributed by atoms with Gasteiger partial charge in [-0.25, -0.2) is 4.98 Å². The molecule has 1 aromatic heterocycles. The van der Waals surface area contributed by atoms with Crippen molar-refractivity contribution in [1.82, 2.24) is 4.98 Å². The first-order chi connectivity index (χ1) is 8.63. The van der Waals surface area contributed by atoms with Crippen molar-refractivity contribution in [2.24, 2.45) is 0 Å². The molecule has 2 rings (SSSR count). The molecule has 0 fully saturated rings. The topological polar surface area (TPSA) is 38.9 Å². The molecule has 0 saturated carbocycles. The van der Waals surface area contributed by atoms with Gasteiger partial charge in [0.15, 0.2) is 0 Å². The van der Waals surface area contributed by atoms with Crippen molar-refractivity contribution >= 4 is 17.6 Å². The number of hydrogen-bond acceptors (Lipinski definition) is 3. The number of nitrogen functional groups attached to an aromatic ring is 1. The van der Waals surface area contributed by atoms with Crippen LogP contribution in [0.5, 0.6) is 0 Å².